The molecule has 0 aliphatic carbocycles. The Labute approximate surface area is 146 Å². The highest BCUT2D eigenvalue weighted by atomic mass is 127. The van der Waals surface area contributed by atoms with Crippen LogP contribution in [-0.4, -0.2) is 4.68 Å². The Hall–Kier alpha value is -1.67. The molecule has 2 N–H and O–H groups in total. The molecule has 5 nitrogen and oxygen atoms in total. The molecule has 0 amide bonds. The van der Waals surface area contributed by atoms with Gasteiger partial charge in [0, 0.05) is 7.05 Å². The number of aromatic nitrogens is 2. The summed E-state index contributed by atoms with van der Waals surface area (Å²) in [6, 6.07) is 13.4. The van der Waals surface area contributed by atoms with Crippen LogP contribution < -0.4 is 10.4 Å². The molecule has 0 unspecified atom stereocenters. The highest BCUT2D eigenvalue weighted by Crippen LogP contribution is 2.28. The molecule has 1 aromatic heterocycles. The third kappa shape index (κ3) is 2.68. The van der Waals surface area contributed by atoms with Crippen molar-refractivity contribution in [3.63, 3.8) is 0 Å². The number of alkyl halides is 1. The summed E-state index contributed by atoms with van der Waals surface area (Å²) in [7, 11) is 2.01. The second-order valence-corrected chi connectivity index (χ2v) is 5.88. The first-order valence-electron chi connectivity index (χ1n) is 6.62. The molecule has 0 atom stereocenters. The molecular weight excluding hydrogens is 413 g/mol. The van der Waals surface area contributed by atoms with Crippen LogP contribution in [0.25, 0.3) is 10.9 Å². The summed E-state index contributed by atoms with van der Waals surface area (Å²) in [6.45, 7) is 0. The van der Waals surface area contributed by atoms with Crippen molar-refractivity contribution in [2.75, 3.05) is 5.73 Å². The number of rotatable bonds is 3. The SMILES string of the molecule is Cn1c2ccccc2c(N=Nc2ccc(N)c(Cl)c2)[n+]1CI. The Balaban J connectivity index is 2.09. The molecule has 22 heavy (non-hydrogen) atoms. The van der Waals surface area contributed by atoms with Crippen LogP contribution in [0.4, 0.5) is 17.2 Å². The van der Waals surface area contributed by atoms with Gasteiger partial charge in [0.25, 0.3) is 0 Å². The second kappa shape index (κ2) is 6.21. The van der Waals surface area contributed by atoms with E-state index in [1.54, 1.807) is 18.2 Å². The molecule has 0 spiro atoms. The molecule has 0 aliphatic heterocycles. The Morgan fingerprint density at radius 2 is 2.00 bits per heavy atom. The van der Waals surface area contributed by atoms with Gasteiger partial charge in [0.05, 0.1) is 26.7 Å². The van der Waals surface area contributed by atoms with E-state index in [1.165, 1.54) is 0 Å². The predicted octanol–water partition coefficient (Wildman–Crippen LogP) is 4.51. The first-order chi connectivity index (χ1) is 10.6. The topological polar surface area (TPSA) is 59.6 Å². The minimum absolute atomic E-state index is 0.483. The largest absolute Gasteiger partial charge is 0.398 e. The van der Waals surface area contributed by atoms with Gasteiger partial charge in [-0.25, -0.2) is 4.68 Å². The van der Waals surface area contributed by atoms with Crippen LogP contribution in [-0.2, 0) is 11.6 Å². The maximum atomic E-state index is 6.02. The van der Waals surface area contributed by atoms with Crippen LogP contribution >= 0.6 is 34.2 Å². The molecule has 7 heteroatoms. The van der Waals surface area contributed by atoms with Gasteiger partial charge in [0.2, 0.25) is 0 Å². The third-order valence-electron chi connectivity index (χ3n) is 3.46. The van der Waals surface area contributed by atoms with E-state index in [0.717, 1.165) is 21.3 Å². The first kappa shape index (κ1) is 15.2. The van der Waals surface area contributed by atoms with Crippen molar-refractivity contribution in [3.8, 4) is 0 Å². The molecule has 0 radical (unpaired) electrons. The van der Waals surface area contributed by atoms with Gasteiger partial charge in [0.15, 0.2) is 4.55 Å². The fourth-order valence-corrected chi connectivity index (χ4v) is 3.24. The molecule has 3 rings (SSSR count). The van der Waals surface area contributed by atoms with Crippen molar-refractivity contribution in [3.05, 3.63) is 47.5 Å². The summed E-state index contributed by atoms with van der Waals surface area (Å²) < 4.78 is 4.92. The first-order valence-corrected chi connectivity index (χ1v) is 8.52. The zero-order valence-electron chi connectivity index (χ0n) is 11.9. The number of halogens is 2. The van der Waals surface area contributed by atoms with Crippen LogP contribution in [0.2, 0.25) is 5.02 Å². The number of azo groups is 1. The Morgan fingerprint density at radius 3 is 2.73 bits per heavy atom. The van der Waals surface area contributed by atoms with E-state index in [1.807, 2.05) is 25.2 Å². The van der Waals surface area contributed by atoms with E-state index < -0.39 is 0 Å². The third-order valence-corrected chi connectivity index (χ3v) is 4.43. The summed E-state index contributed by atoms with van der Waals surface area (Å²) in [5, 5.41) is 10.3. The molecule has 112 valence electrons. The van der Waals surface area contributed by atoms with Crippen molar-refractivity contribution in [1.82, 2.24) is 4.68 Å². The van der Waals surface area contributed by atoms with Gasteiger partial charge in [-0.1, -0.05) is 23.7 Å². The lowest BCUT2D eigenvalue weighted by atomic mass is 10.2. The average molecular weight is 427 g/mol. The van der Waals surface area contributed by atoms with Gasteiger partial charge < -0.3 is 5.73 Å². The number of aryl methyl sites for hydroxylation is 1. The fraction of sp³-hybridized carbons (Fsp3) is 0.133. The summed E-state index contributed by atoms with van der Waals surface area (Å²) >= 11 is 8.32. The number of para-hydroxylation sites is 1. The number of hydrogen-bond donors (Lipinski definition) is 1. The van der Waals surface area contributed by atoms with E-state index in [-0.39, 0.29) is 0 Å². The number of hydrogen-bond acceptors (Lipinski definition) is 3. The van der Waals surface area contributed by atoms with Gasteiger partial charge in [-0.15, -0.1) is 4.68 Å². The molecule has 0 aliphatic rings. The minimum Gasteiger partial charge on any atom is -0.398 e. The summed E-state index contributed by atoms with van der Waals surface area (Å²) in [4.78, 5) is 0. The number of nitrogen functional groups attached to an aromatic ring is 1. The highest BCUT2D eigenvalue weighted by molar-refractivity contribution is 14.1. The maximum absolute atomic E-state index is 6.02. The smallest absolute Gasteiger partial charge is 0.379 e. The number of nitrogens with zero attached hydrogens (tertiary/aromatic N) is 4. The van der Waals surface area contributed by atoms with Gasteiger partial charge >= 0.3 is 5.82 Å². The van der Waals surface area contributed by atoms with Crippen LogP contribution in [0.15, 0.2) is 52.7 Å². The quantitative estimate of drug-likeness (QED) is 0.216. The predicted molar refractivity (Wildman–Crippen MR) is 97.2 cm³/mol. The Morgan fingerprint density at radius 1 is 1.23 bits per heavy atom. The van der Waals surface area contributed by atoms with Crippen LogP contribution in [0.5, 0.6) is 0 Å². The van der Waals surface area contributed by atoms with Gasteiger partial charge in [-0.3, -0.25) is 0 Å². The standard InChI is InChI=1S/C15H13ClIN5/c1-21-14-5-3-2-4-11(14)15(22(21)9-17)20-19-10-6-7-13(18)12(16)8-10/h2-8,18H,9H2,1H3/p+1. The number of fused-ring (bicyclic) bond motifs is 1. The molecule has 0 saturated heterocycles. The van der Waals surface area contributed by atoms with E-state index >= 15 is 0 Å². The lowest BCUT2D eigenvalue weighted by Gasteiger charge is -1.97. The lowest BCUT2D eigenvalue weighted by molar-refractivity contribution is -0.736. The zero-order chi connectivity index (χ0) is 15.7. The maximum Gasteiger partial charge on any atom is 0.379 e. The summed E-state index contributed by atoms with van der Waals surface area (Å²) in [5.41, 5.74) is 8.03. The van der Waals surface area contributed by atoms with Gasteiger partial charge in [-0.2, -0.15) is 0 Å². The van der Waals surface area contributed by atoms with E-state index in [9.17, 15) is 0 Å². The van der Waals surface area contributed by atoms with E-state index in [2.05, 4.69) is 48.2 Å². The van der Waals surface area contributed by atoms with E-state index in [4.69, 9.17) is 17.3 Å². The Bertz CT molecular complexity index is 872. The normalized spacial score (nSPS) is 11.6. The van der Waals surface area contributed by atoms with Crippen LogP contribution in [0.3, 0.4) is 0 Å². The number of nitrogens with two attached hydrogens (primary N) is 1. The van der Waals surface area contributed by atoms with Crippen molar-refractivity contribution < 1.29 is 4.68 Å². The number of benzene rings is 2. The number of anilines is 1. The van der Waals surface area contributed by atoms with Crippen molar-refractivity contribution in [2.45, 2.75) is 4.55 Å². The van der Waals surface area contributed by atoms with Crippen LogP contribution in [0.1, 0.15) is 0 Å². The van der Waals surface area contributed by atoms with E-state index in [0.29, 0.717) is 16.4 Å². The zero-order valence-corrected chi connectivity index (χ0v) is 14.8. The monoisotopic (exact) mass is 426 g/mol. The molecule has 0 bridgehead atoms. The minimum atomic E-state index is 0.483. The Kier molecular flexibility index (Phi) is 4.30. The molecule has 0 saturated carbocycles. The second-order valence-electron chi connectivity index (χ2n) is 4.79. The van der Waals surface area contributed by atoms with Crippen LogP contribution in [0, 0.1) is 0 Å². The molecule has 2 aromatic carbocycles. The fourth-order valence-electron chi connectivity index (χ4n) is 2.28. The summed E-state index contributed by atoms with van der Waals surface area (Å²) in [6.07, 6.45) is 0. The van der Waals surface area contributed by atoms with Crippen molar-refractivity contribution in [1.29, 1.82) is 0 Å². The lowest BCUT2D eigenvalue weighted by Crippen LogP contribution is -2.39. The average Bonchev–Trinajstić information content (AvgIpc) is 2.81. The molecule has 1 heterocycles. The molecular formula is C15H14ClIN5+. The van der Waals surface area contributed by atoms with Gasteiger partial charge in [0.1, 0.15) is 5.69 Å². The molecule has 3 aromatic rings. The van der Waals surface area contributed by atoms with Gasteiger partial charge in [-0.05, 0) is 58.0 Å². The van der Waals surface area contributed by atoms with Crippen molar-refractivity contribution in [2.24, 2.45) is 17.3 Å². The summed E-state index contributed by atoms with van der Waals surface area (Å²) in [5.74, 6) is 0.820. The van der Waals surface area contributed by atoms with Crippen molar-refractivity contribution >= 4 is 62.3 Å². The molecule has 0 fully saturated rings. The highest BCUT2D eigenvalue weighted by Gasteiger charge is 2.21.